The van der Waals surface area contributed by atoms with Crippen LogP contribution in [0.25, 0.3) is 0 Å². The number of benzene rings is 1. The zero-order valence-electron chi connectivity index (χ0n) is 5.47. The zero-order chi connectivity index (χ0) is 7.56. The van der Waals surface area contributed by atoms with Gasteiger partial charge in [0.25, 0.3) is 0 Å². The summed E-state index contributed by atoms with van der Waals surface area (Å²) in [6.07, 6.45) is 1.95. The van der Waals surface area contributed by atoms with Crippen molar-refractivity contribution in [2.45, 2.75) is 4.90 Å². The fourth-order valence-corrected chi connectivity index (χ4v) is 1.17. The molecule has 0 amide bonds. The largest absolute Gasteiger partial charge is 0.506 e. The van der Waals surface area contributed by atoms with E-state index < -0.39 is 0 Å². The molecule has 0 aliphatic carbocycles. The van der Waals surface area contributed by atoms with Gasteiger partial charge in [-0.25, -0.2) is 0 Å². The predicted octanol–water partition coefficient (Wildman–Crippen LogP) is 2.77. The van der Waals surface area contributed by atoms with E-state index in [4.69, 9.17) is 16.7 Å². The van der Waals surface area contributed by atoms with Gasteiger partial charge in [-0.1, -0.05) is 11.6 Å². The molecule has 0 aliphatic rings. The van der Waals surface area contributed by atoms with Crippen molar-refractivity contribution in [3.63, 3.8) is 0 Å². The van der Waals surface area contributed by atoms with Crippen LogP contribution in [0.5, 0.6) is 5.75 Å². The Morgan fingerprint density at radius 3 is 2.70 bits per heavy atom. The van der Waals surface area contributed by atoms with E-state index in [0.29, 0.717) is 5.02 Å². The highest BCUT2D eigenvalue weighted by Crippen LogP contribution is 2.27. The van der Waals surface area contributed by atoms with Gasteiger partial charge in [-0.3, -0.25) is 0 Å². The van der Waals surface area contributed by atoms with Crippen LogP contribution in [0.4, 0.5) is 0 Å². The second kappa shape index (κ2) is 3.17. The SMILES string of the molecule is CSc1ccc(Cl)c(O)c1. The number of phenolic OH excluding ortho intramolecular Hbond substituents is 1. The fourth-order valence-electron chi connectivity index (χ4n) is 0.619. The molecule has 1 rings (SSSR count). The van der Waals surface area contributed by atoms with Gasteiger partial charge in [0.15, 0.2) is 0 Å². The predicted molar refractivity (Wildman–Crippen MR) is 44.9 cm³/mol. The maximum Gasteiger partial charge on any atom is 0.135 e. The number of aromatic hydroxyl groups is 1. The van der Waals surface area contributed by atoms with Gasteiger partial charge in [-0.05, 0) is 24.5 Å². The lowest BCUT2D eigenvalue weighted by Gasteiger charge is -1.97. The Kier molecular flexibility index (Phi) is 2.46. The molecule has 1 nitrogen and oxygen atoms in total. The third-order valence-corrected chi connectivity index (χ3v) is 2.20. The number of hydrogen-bond acceptors (Lipinski definition) is 2. The van der Waals surface area contributed by atoms with Crippen LogP contribution in [0.2, 0.25) is 5.02 Å². The Labute approximate surface area is 69.0 Å². The standard InChI is InChI=1S/C7H7ClOS/c1-10-5-2-3-6(8)7(9)4-5/h2-4,9H,1H3. The highest BCUT2D eigenvalue weighted by atomic mass is 35.5. The lowest BCUT2D eigenvalue weighted by molar-refractivity contribution is 0.474. The Morgan fingerprint density at radius 2 is 2.20 bits per heavy atom. The molecule has 0 spiro atoms. The van der Waals surface area contributed by atoms with Gasteiger partial charge in [-0.15, -0.1) is 11.8 Å². The van der Waals surface area contributed by atoms with E-state index in [9.17, 15) is 0 Å². The molecule has 1 aromatic rings. The third kappa shape index (κ3) is 1.58. The highest BCUT2D eigenvalue weighted by molar-refractivity contribution is 7.98. The number of rotatable bonds is 1. The van der Waals surface area contributed by atoms with E-state index in [2.05, 4.69) is 0 Å². The molecule has 0 radical (unpaired) electrons. The lowest BCUT2D eigenvalue weighted by atomic mass is 10.3. The van der Waals surface area contributed by atoms with Crippen molar-refractivity contribution in [2.24, 2.45) is 0 Å². The topological polar surface area (TPSA) is 20.2 Å². The monoisotopic (exact) mass is 174 g/mol. The van der Waals surface area contributed by atoms with Gasteiger partial charge < -0.3 is 5.11 Å². The van der Waals surface area contributed by atoms with Crippen molar-refractivity contribution in [3.05, 3.63) is 23.2 Å². The normalized spacial score (nSPS) is 9.80. The minimum absolute atomic E-state index is 0.147. The molecule has 0 atom stereocenters. The number of thioether (sulfide) groups is 1. The molecule has 3 heteroatoms. The number of halogens is 1. The van der Waals surface area contributed by atoms with Gasteiger partial charge in [0.1, 0.15) is 5.75 Å². The van der Waals surface area contributed by atoms with Crippen LogP contribution < -0.4 is 0 Å². The van der Waals surface area contributed by atoms with Crippen molar-refractivity contribution in [1.29, 1.82) is 0 Å². The number of phenols is 1. The summed E-state index contributed by atoms with van der Waals surface area (Å²) in [5.41, 5.74) is 0. The second-order valence-corrected chi connectivity index (χ2v) is 3.10. The molecule has 0 aromatic heterocycles. The van der Waals surface area contributed by atoms with Gasteiger partial charge in [0.05, 0.1) is 5.02 Å². The van der Waals surface area contributed by atoms with Crippen LogP contribution in [0, 0.1) is 0 Å². The molecule has 0 bridgehead atoms. The van der Waals surface area contributed by atoms with Crippen LogP contribution >= 0.6 is 23.4 Å². The summed E-state index contributed by atoms with van der Waals surface area (Å²) in [4.78, 5) is 1.02. The smallest absolute Gasteiger partial charge is 0.135 e. The maximum atomic E-state index is 9.09. The summed E-state index contributed by atoms with van der Waals surface area (Å²) < 4.78 is 0. The van der Waals surface area contributed by atoms with E-state index in [1.165, 1.54) is 0 Å². The van der Waals surface area contributed by atoms with E-state index in [1.807, 2.05) is 12.3 Å². The molecule has 1 aromatic carbocycles. The van der Waals surface area contributed by atoms with Crippen molar-refractivity contribution in [3.8, 4) is 5.75 Å². The summed E-state index contributed by atoms with van der Waals surface area (Å²) in [7, 11) is 0. The van der Waals surface area contributed by atoms with Crippen LogP contribution in [-0.4, -0.2) is 11.4 Å². The zero-order valence-corrected chi connectivity index (χ0v) is 7.04. The molecule has 0 saturated heterocycles. The Morgan fingerprint density at radius 1 is 1.50 bits per heavy atom. The first kappa shape index (κ1) is 7.76. The first-order valence-electron chi connectivity index (χ1n) is 2.76. The third-order valence-electron chi connectivity index (χ3n) is 1.15. The second-order valence-electron chi connectivity index (χ2n) is 1.82. The quantitative estimate of drug-likeness (QED) is 0.661. The van der Waals surface area contributed by atoms with E-state index >= 15 is 0 Å². The van der Waals surface area contributed by atoms with Crippen LogP contribution in [-0.2, 0) is 0 Å². The molecular weight excluding hydrogens is 168 g/mol. The summed E-state index contributed by atoms with van der Waals surface area (Å²) in [5, 5.41) is 9.49. The Bertz CT molecular complexity index is 237. The minimum Gasteiger partial charge on any atom is -0.506 e. The Hall–Kier alpha value is -0.340. The molecule has 0 saturated carbocycles. The first-order chi connectivity index (χ1) is 4.74. The molecule has 0 unspecified atom stereocenters. The van der Waals surface area contributed by atoms with Crippen LogP contribution in [0.15, 0.2) is 23.1 Å². The summed E-state index contributed by atoms with van der Waals surface area (Å²) in [5.74, 6) is 0.147. The molecule has 10 heavy (non-hydrogen) atoms. The average molecular weight is 175 g/mol. The van der Waals surface area contributed by atoms with E-state index in [-0.39, 0.29) is 5.75 Å². The van der Waals surface area contributed by atoms with Crippen molar-refractivity contribution >= 4 is 23.4 Å². The van der Waals surface area contributed by atoms with Gasteiger partial charge >= 0.3 is 0 Å². The van der Waals surface area contributed by atoms with Crippen molar-refractivity contribution in [1.82, 2.24) is 0 Å². The highest BCUT2D eigenvalue weighted by Gasteiger charge is 1.97. The summed E-state index contributed by atoms with van der Waals surface area (Å²) in [6.45, 7) is 0. The summed E-state index contributed by atoms with van der Waals surface area (Å²) in [6, 6.07) is 5.20. The van der Waals surface area contributed by atoms with E-state index in [0.717, 1.165) is 4.90 Å². The molecule has 54 valence electrons. The van der Waals surface area contributed by atoms with Crippen molar-refractivity contribution < 1.29 is 5.11 Å². The van der Waals surface area contributed by atoms with Gasteiger partial charge in [0.2, 0.25) is 0 Å². The first-order valence-corrected chi connectivity index (χ1v) is 4.37. The molecule has 0 aliphatic heterocycles. The lowest BCUT2D eigenvalue weighted by Crippen LogP contribution is -1.70. The average Bonchev–Trinajstić information content (AvgIpc) is 1.95. The van der Waals surface area contributed by atoms with Crippen LogP contribution in [0.1, 0.15) is 0 Å². The summed E-state index contributed by atoms with van der Waals surface area (Å²) >= 11 is 7.15. The van der Waals surface area contributed by atoms with Gasteiger partial charge in [0, 0.05) is 4.90 Å². The van der Waals surface area contributed by atoms with Gasteiger partial charge in [-0.2, -0.15) is 0 Å². The van der Waals surface area contributed by atoms with E-state index in [1.54, 1.807) is 23.9 Å². The molecule has 0 heterocycles. The molecule has 0 fully saturated rings. The number of hydrogen-bond donors (Lipinski definition) is 1. The molecule has 1 N–H and O–H groups in total. The Balaban J connectivity index is 3.04. The maximum absolute atomic E-state index is 9.09. The fraction of sp³-hybridized carbons (Fsp3) is 0.143. The molecular formula is C7H7ClOS. The van der Waals surface area contributed by atoms with Crippen molar-refractivity contribution in [2.75, 3.05) is 6.26 Å². The van der Waals surface area contributed by atoms with Crippen LogP contribution in [0.3, 0.4) is 0 Å². The minimum atomic E-state index is 0.147.